The van der Waals surface area contributed by atoms with Crippen LogP contribution in [0.25, 0.3) is 0 Å². The van der Waals surface area contributed by atoms with Crippen LogP contribution in [0.4, 0.5) is 0 Å². The Morgan fingerprint density at radius 1 is 0.964 bits per heavy atom. The summed E-state index contributed by atoms with van der Waals surface area (Å²) < 4.78 is 5.83. The Balaban J connectivity index is 1.50. The number of guanidine groups is 1. The lowest BCUT2D eigenvalue weighted by molar-refractivity contribution is 0.301. The normalized spacial score (nSPS) is 11.1. The number of nitrogens with one attached hydrogen (secondary N) is 2. The lowest BCUT2D eigenvalue weighted by Gasteiger charge is -2.13. The molecule has 0 bridgehead atoms. The molecular formula is C22H23ClN4O. The highest BCUT2D eigenvalue weighted by molar-refractivity contribution is 6.30. The zero-order chi connectivity index (χ0) is 19.6. The van der Waals surface area contributed by atoms with Gasteiger partial charge in [0, 0.05) is 31.4 Å². The van der Waals surface area contributed by atoms with Crippen molar-refractivity contribution < 1.29 is 4.74 Å². The monoisotopic (exact) mass is 394 g/mol. The Labute approximate surface area is 170 Å². The standard InChI is InChI=1S/C22H23ClN4O/c1-24-22(26-14-17-6-4-8-19(23)12-17)27-15-18-7-5-10-21(13-18)28-16-20-9-2-3-11-25-20/h2-13H,14-16H2,1H3,(H2,24,26,27). The summed E-state index contributed by atoms with van der Waals surface area (Å²) in [7, 11) is 1.75. The van der Waals surface area contributed by atoms with Crippen LogP contribution in [0.15, 0.2) is 77.9 Å². The van der Waals surface area contributed by atoms with Gasteiger partial charge in [-0.2, -0.15) is 0 Å². The van der Waals surface area contributed by atoms with Gasteiger partial charge in [0.1, 0.15) is 12.4 Å². The van der Waals surface area contributed by atoms with Crippen molar-refractivity contribution in [2.45, 2.75) is 19.7 Å². The number of aromatic nitrogens is 1. The van der Waals surface area contributed by atoms with E-state index in [2.05, 4.69) is 20.6 Å². The topological polar surface area (TPSA) is 58.5 Å². The molecule has 2 N–H and O–H groups in total. The van der Waals surface area contributed by atoms with Gasteiger partial charge in [-0.3, -0.25) is 9.98 Å². The van der Waals surface area contributed by atoms with Crippen LogP contribution >= 0.6 is 11.6 Å². The number of pyridine rings is 1. The lowest BCUT2D eigenvalue weighted by Crippen LogP contribution is -2.36. The van der Waals surface area contributed by atoms with Gasteiger partial charge >= 0.3 is 0 Å². The molecule has 2 aromatic carbocycles. The summed E-state index contributed by atoms with van der Waals surface area (Å²) in [6.45, 7) is 1.73. The first-order valence-electron chi connectivity index (χ1n) is 9.03. The highest BCUT2D eigenvalue weighted by Crippen LogP contribution is 2.15. The van der Waals surface area contributed by atoms with Gasteiger partial charge < -0.3 is 15.4 Å². The Hall–Kier alpha value is -3.05. The van der Waals surface area contributed by atoms with E-state index < -0.39 is 0 Å². The van der Waals surface area contributed by atoms with Crippen LogP contribution in [0.3, 0.4) is 0 Å². The van der Waals surface area contributed by atoms with Crippen LogP contribution < -0.4 is 15.4 Å². The van der Waals surface area contributed by atoms with Crippen LogP contribution in [-0.4, -0.2) is 18.0 Å². The molecule has 0 fully saturated rings. The molecule has 0 spiro atoms. The predicted molar refractivity (Wildman–Crippen MR) is 114 cm³/mol. The van der Waals surface area contributed by atoms with E-state index in [-0.39, 0.29) is 0 Å². The molecule has 3 rings (SSSR count). The third-order valence-corrected chi connectivity index (χ3v) is 4.28. The Bertz CT molecular complexity index is 915. The van der Waals surface area contributed by atoms with E-state index in [1.54, 1.807) is 13.2 Å². The number of rotatable bonds is 7. The second kappa shape index (κ2) is 10.3. The van der Waals surface area contributed by atoms with Gasteiger partial charge in [0.05, 0.1) is 5.69 Å². The van der Waals surface area contributed by atoms with Crippen LogP contribution in [0.5, 0.6) is 5.75 Å². The zero-order valence-corrected chi connectivity index (χ0v) is 16.5. The predicted octanol–water partition coefficient (Wildman–Crippen LogP) is 4.18. The fourth-order valence-electron chi connectivity index (χ4n) is 2.63. The SMILES string of the molecule is CN=C(NCc1cccc(Cl)c1)NCc1cccc(OCc2ccccn2)c1. The minimum atomic E-state index is 0.445. The minimum Gasteiger partial charge on any atom is -0.487 e. The van der Waals surface area contributed by atoms with Crippen molar-refractivity contribution in [3.05, 3.63) is 94.8 Å². The molecule has 0 aliphatic heterocycles. The summed E-state index contributed by atoms with van der Waals surface area (Å²) in [5, 5.41) is 7.32. The van der Waals surface area contributed by atoms with Gasteiger partial charge in [-0.1, -0.05) is 41.9 Å². The average molecular weight is 395 g/mol. The number of ether oxygens (including phenoxy) is 1. The number of nitrogens with zero attached hydrogens (tertiary/aromatic N) is 2. The fraction of sp³-hybridized carbons (Fsp3) is 0.182. The molecule has 28 heavy (non-hydrogen) atoms. The van der Waals surface area contributed by atoms with Gasteiger partial charge in [0.15, 0.2) is 5.96 Å². The zero-order valence-electron chi connectivity index (χ0n) is 15.7. The first-order valence-corrected chi connectivity index (χ1v) is 9.41. The number of halogens is 1. The molecule has 144 valence electrons. The quantitative estimate of drug-likeness (QED) is 0.466. The van der Waals surface area contributed by atoms with Crippen LogP contribution in [0.2, 0.25) is 5.02 Å². The summed E-state index contributed by atoms with van der Waals surface area (Å²) >= 11 is 6.03. The van der Waals surface area contributed by atoms with Crippen molar-refractivity contribution in [2.24, 2.45) is 4.99 Å². The van der Waals surface area contributed by atoms with Crippen LogP contribution in [-0.2, 0) is 19.7 Å². The maximum Gasteiger partial charge on any atom is 0.191 e. The third-order valence-electron chi connectivity index (χ3n) is 4.04. The van der Waals surface area contributed by atoms with Crippen LogP contribution in [0, 0.1) is 0 Å². The second-order valence-corrected chi connectivity index (χ2v) is 6.60. The van der Waals surface area contributed by atoms with Crippen molar-refractivity contribution in [3.63, 3.8) is 0 Å². The smallest absolute Gasteiger partial charge is 0.191 e. The Morgan fingerprint density at radius 3 is 2.39 bits per heavy atom. The highest BCUT2D eigenvalue weighted by atomic mass is 35.5. The maximum absolute atomic E-state index is 6.03. The minimum absolute atomic E-state index is 0.445. The first-order chi connectivity index (χ1) is 13.7. The number of benzene rings is 2. The number of hydrogen-bond acceptors (Lipinski definition) is 3. The third kappa shape index (κ3) is 6.28. The van der Waals surface area contributed by atoms with E-state index in [0.717, 1.165) is 33.6 Å². The summed E-state index contributed by atoms with van der Waals surface area (Å²) in [4.78, 5) is 8.53. The van der Waals surface area contributed by atoms with Crippen LogP contribution in [0.1, 0.15) is 16.8 Å². The maximum atomic E-state index is 6.03. The molecule has 0 unspecified atom stereocenters. The molecule has 1 aromatic heterocycles. The van der Waals surface area contributed by atoms with Gasteiger partial charge in [-0.15, -0.1) is 0 Å². The molecule has 0 saturated carbocycles. The summed E-state index contributed by atoms with van der Waals surface area (Å²) in [5.41, 5.74) is 3.10. The van der Waals surface area contributed by atoms with E-state index in [0.29, 0.717) is 19.7 Å². The molecule has 0 amide bonds. The molecule has 0 saturated heterocycles. The van der Waals surface area contributed by atoms with E-state index >= 15 is 0 Å². The van der Waals surface area contributed by atoms with Crippen molar-refractivity contribution in [2.75, 3.05) is 7.05 Å². The van der Waals surface area contributed by atoms with Crippen molar-refractivity contribution in [3.8, 4) is 5.75 Å². The molecule has 0 atom stereocenters. The molecule has 5 nitrogen and oxygen atoms in total. The summed E-state index contributed by atoms with van der Waals surface area (Å²) in [6.07, 6.45) is 1.76. The number of aliphatic imine (C=N–C) groups is 1. The first kappa shape index (κ1) is 19.7. The molecule has 3 aromatic rings. The summed E-state index contributed by atoms with van der Waals surface area (Å²) in [5.74, 6) is 1.53. The molecular weight excluding hydrogens is 372 g/mol. The average Bonchev–Trinajstić information content (AvgIpc) is 2.73. The lowest BCUT2D eigenvalue weighted by atomic mass is 10.2. The molecule has 6 heteroatoms. The molecule has 0 aliphatic carbocycles. The van der Waals surface area contributed by atoms with E-state index in [1.807, 2.05) is 66.7 Å². The van der Waals surface area contributed by atoms with Gasteiger partial charge in [-0.25, -0.2) is 0 Å². The van der Waals surface area contributed by atoms with E-state index in [9.17, 15) is 0 Å². The van der Waals surface area contributed by atoms with Crippen molar-refractivity contribution in [1.29, 1.82) is 0 Å². The molecule has 0 radical (unpaired) electrons. The summed E-state index contributed by atoms with van der Waals surface area (Å²) in [6, 6.07) is 21.5. The van der Waals surface area contributed by atoms with E-state index in [4.69, 9.17) is 16.3 Å². The van der Waals surface area contributed by atoms with Gasteiger partial charge in [0.2, 0.25) is 0 Å². The fourth-order valence-corrected chi connectivity index (χ4v) is 2.84. The second-order valence-electron chi connectivity index (χ2n) is 6.17. The Morgan fingerprint density at radius 2 is 1.71 bits per heavy atom. The van der Waals surface area contributed by atoms with E-state index in [1.165, 1.54) is 0 Å². The largest absolute Gasteiger partial charge is 0.487 e. The van der Waals surface area contributed by atoms with Crippen molar-refractivity contribution >= 4 is 17.6 Å². The highest BCUT2D eigenvalue weighted by Gasteiger charge is 2.02. The molecule has 1 heterocycles. The van der Waals surface area contributed by atoms with Crippen molar-refractivity contribution in [1.82, 2.24) is 15.6 Å². The van der Waals surface area contributed by atoms with Gasteiger partial charge in [-0.05, 0) is 47.5 Å². The number of hydrogen-bond donors (Lipinski definition) is 2. The molecule has 0 aliphatic rings. The Kier molecular flexibility index (Phi) is 7.27. The van der Waals surface area contributed by atoms with Gasteiger partial charge in [0.25, 0.3) is 0 Å².